The number of rotatable bonds is 7. The quantitative estimate of drug-likeness (QED) is 0.337. The van der Waals surface area contributed by atoms with Crippen LogP contribution in [-0.4, -0.2) is 20.7 Å². The highest BCUT2D eigenvalue weighted by atomic mass is 32.2. The largest absolute Gasteiger partial charge is 0.347 e. The lowest BCUT2D eigenvalue weighted by Crippen LogP contribution is -2.15. The molecule has 5 rings (SSSR count). The van der Waals surface area contributed by atoms with Crippen LogP contribution in [-0.2, 0) is 6.54 Å². The number of imidazole rings is 1. The van der Waals surface area contributed by atoms with Crippen molar-refractivity contribution in [3.63, 3.8) is 0 Å². The number of aryl methyl sites for hydroxylation is 2. The number of benzene rings is 3. The Morgan fingerprint density at radius 2 is 1.82 bits per heavy atom. The standard InChI is InChI=1S/C27H26N4OS/c1-19-8-2-5-13-26(19)33-21-10-6-9-20(16-21)31-25(17-29-27(31)32)23-18-30(15-7-14-28)24-12-4-3-11-22(23)24/h2-6,8-13,16-18H,7,14-15,28H2,1H3,(H,29,32). The minimum absolute atomic E-state index is 0.151. The molecular weight excluding hydrogens is 428 g/mol. The second kappa shape index (κ2) is 9.17. The van der Waals surface area contributed by atoms with Gasteiger partial charge in [-0.2, -0.15) is 0 Å². The predicted molar refractivity (Wildman–Crippen MR) is 136 cm³/mol. The summed E-state index contributed by atoms with van der Waals surface area (Å²) in [6.45, 7) is 3.59. The van der Waals surface area contributed by atoms with Gasteiger partial charge >= 0.3 is 5.69 Å². The molecule has 33 heavy (non-hydrogen) atoms. The second-order valence-corrected chi connectivity index (χ2v) is 9.19. The lowest BCUT2D eigenvalue weighted by molar-refractivity contribution is 0.671. The van der Waals surface area contributed by atoms with E-state index in [9.17, 15) is 4.79 Å². The molecule has 3 aromatic carbocycles. The minimum Gasteiger partial charge on any atom is -0.347 e. The number of hydrogen-bond donors (Lipinski definition) is 2. The summed E-state index contributed by atoms with van der Waals surface area (Å²) in [7, 11) is 0. The Kier molecular flexibility index (Phi) is 5.94. The van der Waals surface area contributed by atoms with Gasteiger partial charge in [-0.15, -0.1) is 0 Å². The van der Waals surface area contributed by atoms with Gasteiger partial charge in [-0.1, -0.05) is 54.2 Å². The molecule has 2 aromatic heterocycles. The zero-order valence-electron chi connectivity index (χ0n) is 18.5. The van der Waals surface area contributed by atoms with Gasteiger partial charge in [-0.25, -0.2) is 4.79 Å². The van der Waals surface area contributed by atoms with Gasteiger partial charge in [0.15, 0.2) is 0 Å². The van der Waals surface area contributed by atoms with Crippen LogP contribution in [0, 0.1) is 6.92 Å². The van der Waals surface area contributed by atoms with E-state index in [1.807, 2.05) is 36.4 Å². The topological polar surface area (TPSA) is 68.7 Å². The third-order valence-corrected chi connectivity index (χ3v) is 7.01. The van der Waals surface area contributed by atoms with Gasteiger partial charge in [0.2, 0.25) is 0 Å². The summed E-state index contributed by atoms with van der Waals surface area (Å²) in [5, 5.41) is 1.12. The average Bonchev–Trinajstić information content (AvgIpc) is 3.39. The predicted octanol–water partition coefficient (Wildman–Crippen LogP) is 5.60. The highest BCUT2D eigenvalue weighted by Crippen LogP contribution is 2.34. The molecule has 0 aliphatic carbocycles. The van der Waals surface area contributed by atoms with E-state index in [2.05, 4.69) is 59.1 Å². The van der Waals surface area contributed by atoms with Gasteiger partial charge in [-0.05, 0) is 55.8 Å². The molecule has 0 aliphatic rings. The lowest BCUT2D eigenvalue weighted by atomic mass is 10.1. The summed E-state index contributed by atoms with van der Waals surface area (Å²) in [4.78, 5) is 18.1. The molecule has 0 spiro atoms. The highest BCUT2D eigenvalue weighted by Gasteiger charge is 2.17. The van der Waals surface area contributed by atoms with Gasteiger partial charge in [0, 0.05) is 45.2 Å². The SMILES string of the molecule is Cc1ccccc1Sc1cccc(-n2c(-c3cn(CCCN)c4ccccc34)c[nH]c2=O)c1. The van der Waals surface area contributed by atoms with E-state index in [1.54, 1.807) is 22.5 Å². The normalized spacial score (nSPS) is 11.3. The molecule has 5 aromatic rings. The van der Waals surface area contributed by atoms with Gasteiger partial charge in [0.1, 0.15) is 0 Å². The van der Waals surface area contributed by atoms with E-state index in [0.717, 1.165) is 45.7 Å². The van der Waals surface area contributed by atoms with Crippen molar-refractivity contribution in [3.8, 4) is 16.9 Å². The Labute approximate surface area is 196 Å². The van der Waals surface area contributed by atoms with Gasteiger partial charge in [-0.3, -0.25) is 4.57 Å². The van der Waals surface area contributed by atoms with Crippen LogP contribution in [0.5, 0.6) is 0 Å². The summed E-state index contributed by atoms with van der Waals surface area (Å²) in [6, 6.07) is 24.8. The van der Waals surface area contributed by atoms with Gasteiger partial charge in [0.05, 0.1) is 11.4 Å². The first-order chi connectivity index (χ1) is 16.2. The van der Waals surface area contributed by atoms with Gasteiger partial charge in [0.25, 0.3) is 0 Å². The van der Waals surface area contributed by atoms with Crippen molar-refractivity contribution in [2.45, 2.75) is 29.7 Å². The number of H-pyrrole nitrogens is 1. The zero-order chi connectivity index (χ0) is 22.8. The fourth-order valence-electron chi connectivity index (χ4n) is 4.20. The number of aromatic nitrogens is 3. The number of nitrogens with one attached hydrogen (secondary N) is 1. The summed E-state index contributed by atoms with van der Waals surface area (Å²) in [6.07, 6.45) is 4.83. The zero-order valence-corrected chi connectivity index (χ0v) is 19.3. The van der Waals surface area contributed by atoms with Crippen LogP contribution in [0.15, 0.2) is 99.8 Å². The molecule has 2 heterocycles. The third-order valence-electron chi connectivity index (χ3n) is 5.84. The fourth-order valence-corrected chi connectivity index (χ4v) is 5.16. The summed E-state index contributed by atoms with van der Waals surface area (Å²) in [5.74, 6) is 0. The van der Waals surface area contributed by atoms with Crippen LogP contribution in [0.3, 0.4) is 0 Å². The maximum Gasteiger partial charge on any atom is 0.330 e. The van der Waals surface area contributed by atoms with Crippen molar-refractivity contribution >= 4 is 22.7 Å². The van der Waals surface area contributed by atoms with E-state index in [-0.39, 0.29) is 5.69 Å². The molecule has 0 saturated carbocycles. The Morgan fingerprint density at radius 3 is 2.67 bits per heavy atom. The molecule has 0 unspecified atom stereocenters. The molecule has 3 N–H and O–H groups in total. The van der Waals surface area contributed by atoms with E-state index >= 15 is 0 Å². The Hall–Kier alpha value is -3.48. The molecular formula is C27H26N4OS. The molecule has 0 amide bonds. The van der Waals surface area contributed by atoms with Crippen LogP contribution in [0.1, 0.15) is 12.0 Å². The number of aromatic amines is 1. The molecule has 0 saturated heterocycles. The van der Waals surface area contributed by atoms with Crippen molar-refractivity contribution < 1.29 is 0 Å². The number of hydrogen-bond acceptors (Lipinski definition) is 3. The minimum atomic E-state index is -0.151. The van der Waals surface area contributed by atoms with E-state index < -0.39 is 0 Å². The Bertz CT molecular complexity index is 1480. The molecule has 0 atom stereocenters. The summed E-state index contributed by atoms with van der Waals surface area (Å²) >= 11 is 1.71. The second-order valence-electron chi connectivity index (χ2n) is 8.07. The summed E-state index contributed by atoms with van der Waals surface area (Å²) in [5.41, 5.74) is 10.7. The van der Waals surface area contributed by atoms with Crippen molar-refractivity contribution in [1.82, 2.24) is 14.1 Å². The molecule has 5 nitrogen and oxygen atoms in total. The Balaban J connectivity index is 1.59. The third kappa shape index (κ3) is 4.15. The van der Waals surface area contributed by atoms with Crippen molar-refractivity contribution in [1.29, 1.82) is 0 Å². The number of para-hydroxylation sites is 1. The van der Waals surface area contributed by atoms with Crippen LogP contribution in [0.2, 0.25) is 0 Å². The van der Waals surface area contributed by atoms with Crippen molar-refractivity contribution in [3.05, 3.63) is 101 Å². The fraction of sp³-hybridized carbons (Fsp3) is 0.148. The smallest absolute Gasteiger partial charge is 0.330 e. The first-order valence-electron chi connectivity index (χ1n) is 11.1. The molecule has 0 aliphatic heterocycles. The first kappa shape index (κ1) is 21.4. The Morgan fingerprint density at radius 1 is 1.00 bits per heavy atom. The van der Waals surface area contributed by atoms with Crippen LogP contribution < -0.4 is 11.4 Å². The highest BCUT2D eigenvalue weighted by molar-refractivity contribution is 7.99. The van der Waals surface area contributed by atoms with Gasteiger partial charge < -0.3 is 15.3 Å². The monoisotopic (exact) mass is 454 g/mol. The summed E-state index contributed by atoms with van der Waals surface area (Å²) < 4.78 is 3.99. The molecule has 0 fully saturated rings. The van der Waals surface area contributed by atoms with E-state index in [0.29, 0.717) is 6.54 Å². The van der Waals surface area contributed by atoms with E-state index in [1.165, 1.54) is 10.5 Å². The van der Waals surface area contributed by atoms with E-state index in [4.69, 9.17) is 5.73 Å². The molecule has 166 valence electrons. The number of fused-ring (bicyclic) bond motifs is 1. The number of nitrogens with two attached hydrogens (primary N) is 1. The molecule has 6 heteroatoms. The maximum absolute atomic E-state index is 12.9. The van der Waals surface area contributed by atoms with Crippen molar-refractivity contribution in [2.75, 3.05) is 6.54 Å². The van der Waals surface area contributed by atoms with Crippen molar-refractivity contribution in [2.24, 2.45) is 5.73 Å². The van der Waals surface area contributed by atoms with Crippen LogP contribution in [0.25, 0.3) is 27.8 Å². The maximum atomic E-state index is 12.9. The molecule has 0 radical (unpaired) electrons. The molecule has 0 bridgehead atoms. The number of nitrogens with zero attached hydrogens (tertiary/aromatic N) is 2. The van der Waals surface area contributed by atoms with Crippen LogP contribution in [0.4, 0.5) is 0 Å². The van der Waals surface area contributed by atoms with Crippen LogP contribution >= 0.6 is 11.8 Å². The lowest BCUT2D eigenvalue weighted by Gasteiger charge is -2.10. The average molecular weight is 455 g/mol. The first-order valence-corrected chi connectivity index (χ1v) is 11.9.